The van der Waals surface area contributed by atoms with Crippen molar-refractivity contribution in [3.05, 3.63) is 90.0 Å². The van der Waals surface area contributed by atoms with Gasteiger partial charge in [-0.1, -0.05) is 44.2 Å². The number of ether oxygens (including phenoxy) is 1. The number of benzene rings is 3. The zero-order valence-electron chi connectivity index (χ0n) is 20.2. The summed E-state index contributed by atoms with van der Waals surface area (Å²) in [7, 11) is 0. The van der Waals surface area contributed by atoms with Gasteiger partial charge in [0.25, 0.3) is 0 Å². The summed E-state index contributed by atoms with van der Waals surface area (Å²) in [6, 6.07) is 22.4. The number of hydrogen-bond donors (Lipinski definition) is 0. The highest BCUT2D eigenvalue weighted by Crippen LogP contribution is 2.34. The van der Waals surface area contributed by atoms with Crippen molar-refractivity contribution in [2.45, 2.75) is 45.1 Å². The second kappa shape index (κ2) is 9.90. The predicted molar refractivity (Wildman–Crippen MR) is 136 cm³/mol. The summed E-state index contributed by atoms with van der Waals surface area (Å²) in [5.41, 5.74) is 3.89. The van der Waals surface area contributed by atoms with E-state index < -0.39 is 0 Å². The molecule has 1 saturated heterocycles. The summed E-state index contributed by atoms with van der Waals surface area (Å²) < 4.78 is 21.8. The Morgan fingerprint density at radius 2 is 1.80 bits per heavy atom. The van der Waals surface area contributed by atoms with Crippen LogP contribution in [-0.2, 0) is 11.3 Å². The molecule has 0 spiro atoms. The van der Waals surface area contributed by atoms with Crippen LogP contribution in [0.15, 0.2) is 72.8 Å². The molecule has 1 aliphatic heterocycles. The number of imidazole rings is 1. The van der Waals surface area contributed by atoms with E-state index in [-0.39, 0.29) is 17.6 Å². The van der Waals surface area contributed by atoms with Gasteiger partial charge in [-0.2, -0.15) is 0 Å². The van der Waals surface area contributed by atoms with Gasteiger partial charge in [-0.05, 0) is 60.4 Å². The van der Waals surface area contributed by atoms with E-state index in [1.54, 1.807) is 17.0 Å². The minimum Gasteiger partial charge on any atom is -0.491 e. The van der Waals surface area contributed by atoms with Gasteiger partial charge in [0.05, 0.1) is 17.6 Å². The number of anilines is 1. The molecule has 5 rings (SSSR count). The fourth-order valence-corrected chi connectivity index (χ4v) is 4.88. The van der Waals surface area contributed by atoms with Crippen LogP contribution in [0.5, 0.6) is 5.75 Å². The minimum atomic E-state index is -0.311. The normalized spacial score (nSPS) is 16.7. The van der Waals surface area contributed by atoms with Gasteiger partial charge in [0.15, 0.2) is 0 Å². The third kappa shape index (κ3) is 4.65. The lowest BCUT2D eigenvalue weighted by atomic mass is 9.98. The Kier molecular flexibility index (Phi) is 6.53. The largest absolute Gasteiger partial charge is 0.491 e. The molecule has 4 aromatic rings. The molecule has 2 heterocycles. The Morgan fingerprint density at radius 3 is 2.60 bits per heavy atom. The lowest BCUT2D eigenvalue weighted by molar-refractivity contribution is -0.117. The summed E-state index contributed by atoms with van der Waals surface area (Å²) in [5, 5.41) is 0. The maximum atomic E-state index is 13.4. The Bertz CT molecular complexity index is 1330. The second-order valence-corrected chi connectivity index (χ2v) is 9.19. The summed E-state index contributed by atoms with van der Waals surface area (Å²) in [4.78, 5) is 19.5. The van der Waals surface area contributed by atoms with Crippen LogP contribution in [-0.4, -0.2) is 28.6 Å². The first-order chi connectivity index (χ1) is 17.0. The van der Waals surface area contributed by atoms with Crippen LogP contribution in [0.1, 0.15) is 49.9 Å². The molecule has 0 bridgehead atoms. The third-order valence-electron chi connectivity index (χ3n) is 6.95. The monoisotopic (exact) mass is 471 g/mol. The molecule has 3 aromatic carbocycles. The standard InChI is InChI=1S/C29H30FN3O2/c1-3-20(2)24-8-4-7-11-27(24)35-17-16-32-26-10-6-5-9-25(26)31-29(32)21-18-28(34)33(19-21)23-14-12-22(30)13-15-23/h4-15,20-21H,3,16-19H2,1-2H3/t20-,21-/m1/s1. The Morgan fingerprint density at radius 1 is 1.06 bits per heavy atom. The number of fused-ring (bicyclic) bond motifs is 1. The van der Waals surface area contributed by atoms with Gasteiger partial charge in [-0.3, -0.25) is 4.79 Å². The maximum Gasteiger partial charge on any atom is 0.227 e. The molecule has 1 amide bonds. The second-order valence-electron chi connectivity index (χ2n) is 9.19. The van der Waals surface area contributed by atoms with E-state index in [1.165, 1.54) is 17.7 Å². The molecule has 6 heteroatoms. The van der Waals surface area contributed by atoms with Crippen molar-refractivity contribution >= 4 is 22.6 Å². The SMILES string of the molecule is CC[C@@H](C)c1ccccc1OCCn1c([C@@H]2CC(=O)N(c3ccc(F)cc3)C2)nc2ccccc21. The van der Waals surface area contributed by atoms with Crippen molar-refractivity contribution in [2.75, 3.05) is 18.1 Å². The third-order valence-corrected chi connectivity index (χ3v) is 6.95. The molecular formula is C29H30FN3O2. The van der Waals surface area contributed by atoms with Crippen LogP contribution in [0.3, 0.4) is 0 Å². The van der Waals surface area contributed by atoms with Crippen molar-refractivity contribution in [1.29, 1.82) is 0 Å². The first-order valence-electron chi connectivity index (χ1n) is 12.3. The molecule has 0 saturated carbocycles. The number of hydrogen-bond acceptors (Lipinski definition) is 3. The van der Waals surface area contributed by atoms with E-state index in [4.69, 9.17) is 9.72 Å². The highest BCUT2D eigenvalue weighted by atomic mass is 19.1. The van der Waals surface area contributed by atoms with Gasteiger partial charge in [-0.15, -0.1) is 0 Å². The van der Waals surface area contributed by atoms with Gasteiger partial charge in [0, 0.05) is 24.6 Å². The van der Waals surface area contributed by atoms with Gasteiger partial charge >= 0.3 is 0 Å². The van der Waals surface area contributed by atoms with Gasteiger partial charge in [-0.25, -0.2) is 9.37 Å². The number of para-hydroxylation sites is 3. The molecule has 2 atom stereocenters. The van der Waals surface area contributed by atoms with Gasteiger partial charge < -0.3 is 14.2 Å². The fourth-order valence-electron chi connectivity index (χ4n) is 4.88. The molecule has 0 N–H and O–H groups in total. The predicted octanol–water partition coefficient (Wildman–Crippen LogP) is 6.29. The molecule has 35 heavy (non-hydrogen) atoms. The number of nitrogens with zero attached hydrogens (tertiary/aromatic N) is 3. The average Bonchev–Trinajstić information content (AvgIpc) is 3.45. The molecule has 180 valence electrons. The average molecular weight is 472 g/mol. The molecule has 1 aromatic heterocycles. The van der Waals surface area contributed by atoms with E-state index in [1.807, 2.05) is 30.3 Å². The van der Waals surface area contributed by atoms with E-state index in [9.17, 15) is 9.18 Å². The first kappa shape index (κ1) is 23.1. The molecule has 0 aliphatic carbocycles. The highest BCUT2D eigenvalue weighted by Gasteiger charge is 2.34. The van der Waals surface area contributed by atoms with E-state index in [0.717, 1.165) is 29.0 Å². The topological polar surface area (TPSA) is 47.4 Å². The van der Waals surface area contributed by atoms with E-state index >= 15 is 0 Å². The van der Waals surface area contributed by atoms with Crippen LogP contribution in [0.4, 0.5) is 10.1 Å². The van der Waals surface area contributed by atoms with E-state index in [2.05, 4.69) is 36.6 Å². The molecule has 5 nitrogen and oxygen atoms in total. The summed E-state index contributed by atoms with van der Waals surface area (Å²) >= 11 is 0. The smallest absolute Gasteiger partial charge is 0.227 e. The molecule has 0 radical (unpaired) electrons. The quantitative estimate of drug-likeness (QED) is 0.303. The maximum absolute atomic E-state index is 13.4. The molecule has 0 unspecified atom stereocenters. The van der Waals surface area contributed by atoms with Crippen LogP contribution >= 0.6 is 0 Å². The van der Waals surface area contributed by atoms with Gasteiger partial charge in [0.2, 0.25) is 5.91 Å². The number of carbonyl (C=O) groups excluding carboxylic acids is 1. The zero-order valence-corrected chi connectivity index (χ0v) is 20.2. The van der Waals surface area contributed by atoms with Gasteiger partial charge in [0.1, 0.15) is 24.0 Å². The Labute approximate surface area is 205 Å². The number of rotatable bonds is 8. The number of carbonyl (C=O) groups is 1. The van der Waals surface area contributed by atoms with Crippen molar-refractivity contribution in [3.8, 4) is 5.75 Å². The minimum absolute atomic E-state index is 0.0268. The van der Waals surface area contributed by atoms with E-state index in [0.29, 0.717) is 37.7 Å². The zero-order chi connectivity index (χ0) is 24.4. The van der Waals surface area contributed by atoms with Crippen molar-refractivity contribution in [2.24, 2.45) is 0 Å². The number of amides is 1. The lowest BCUT2D eigenvalue weighted by Crippen LogP contribution is -2.24. The Balaban J connectivity index is 1.39. The first-order valence-corrected chi connectivity index (χ1v) is 12.3. The van der Waals surface area contributed by atoms with Crippen LogP contribution < -0.4 is 9.64 Å². The summed E-state index contributed by atoms with van der Waals surface area (Å²) in [6.07, 6.45) is 1.43. The molecule has 1 fully saturated rings. The molecule has 1 aliphatic rings. The van der Waals surface area contributed by atoms with Crippen LogP contribution in [0, 0.1) is 5.82 Å². The Hall–Kier alpha value is -3.67. The summed E-state index contributed by atoms with van der Waals surface area (Å²) in [5.74, 6) is 1.91. The fraction of sp³-hybridized carbons (Fsp3) is 0.310. The highest BCUT2D eigenvalue weighted by molar-refractivity contribution is 5.96. The van der Waals surface area contributed by atoms with Crippen molar-refractivity contribution in [3.63, 3.8) is 0 Å². The van der Waals surface area contributed by atoms with Crippen LogP contribution in [0.25, 0.3) is 11.0 Å². The number of aromatic nitrogens is 2. The number of halogens is 1. The molecular weight excluding hydrogens is 441 g/mol. The van der Waals surface area contributed by atoms with Crippen molar-refractivity contribution in [1.82, 2.24) is 9.55 Å². The van der Waals surface area contributed by atoms with Crippen LogP contribution in [0.2, 0.25) is 0 Å². The van der Waals surface area contributed by atoms with Crippen molar-refractivity contribution < 1.29 is 13.9 Å². The summed E-state index contributed by atoms with van der Waals surface area (Å²) in [6.45, 7) is 6.05. The lowest BCUT2D eigenvalue weighted by Gasteiger charge is -2.18.